The Morgan fingerprint density at radius 3 is 2.67 bits per heavy atom. The van der Waals surface area contributed by atoms with E-state index in [0.717, 1.165) is 11.1 Å². The minimum absolute atomic E-state index is 0.292. The van der Waals surface area contributed by atoms with Crippen LogP contribution >= 0.6 is 11.3 Å². The molecule has 0 aliphatic carbocycles. The lowest BCUT2D eigenvalue weighted by atomic mass is 10.1. The van der Waals surface area contributed by atoms with E-state index in [1.807, 2.05) is 53.2 Å². The second-order valence-corrected chi connectivity index (χ2v) is 4.70. The zero-order chi connectivity index (χ0) is 12.4. The minimum Gasteiger partial charge on any atom is -0.422 e. The smallest absolute Gasteiger partial charge is 0.343 e. The summed E-state index contributed by atoms with van der Waals surface area (Å²) in [6, 6.07) is 11.7. The molecule has 0 unspecified atom stereocenters. The number of carbonyl (C=O) groups is 1. The highest BCUT2D eigenvalue weighted by Crippen LogP contribution is 2.28. The van der Waals surface area contributed by atoms with E-state index in [1.54, 1.807) is 17.4 Å². The fourth-order valence-corrected chi connectivity index (χ4v) is 2.41. The molecule has 0 radical (unpaired) electrons. The molecule has 0 saturated carbocycles. The predicted molar refractivity (Wildman–Crippen MR) is 72.8 cm³/mol. The summed E-state index contributed by atoms with van der Waals surface area (Å²) < 4.78 is 5.25. The van der Waals surface area contributed by atoms with Gasteiger partial charge in [-0.3, -0.25) is 0 Å². The van der Waals surface area contributed by atoms with E-state index in [1.165, 1.54) is 0 Å². The first kappa shape index (κ1) is 11.0. The summed E-state index contributed by atoms with van der Waals surface area (Å²) in [5.41, 5.74) is 2.53. The first-order valence-corrected chi connectivity index (χ1v) is 6.50. The lowest BCUT2D eigenvalue weighted by Gasteiger charge is -1.96. The Hall–Kier alpha value is -2.13. The molecular weight excluding hydrogens is 244 g/mol. The highest BCUT2D eigenvalue weighted by Gasteiger charge is 2.21. The lowest BCUT2D eigenvalue weighted by Crippen LogP contribution is -1.96. The maximum absolute atomic E-state index is 11.7. The van der Waals surface area contributed by atoms with Crippen LogP contribution in [0.1, 0.15) is 11.1 Å². The van der Waals surface area contributed by atoms with Gasteiger partial charge in [-0.2, -0.15) is 11.3 Å². The van der Waals surface area contributed by atoms with Crippen LogP contribution in [0.4, 0.5) is 0 Å². The van der Waals surface area contributed by atoms with Crippen molar-refractivity contribution in [3.05, 3.63) is 69.9 Å². The van der Waals surface area contributed by atoms with Crippen LogP contribution in [-0.4, -0.2) is 5.97 Å². The largest absolute Gasteiger partial charge is 0.422 e. The van der Waals surface area contributed by atoms with Gasteiger partial charge in [-0.05, 0) is 29.2 Å². The highest BCUT2D eigenvalue weighted by molar-refractivity contribution is 7.08. The summed E-state index contributed by atoms with van der Waals surface area (Å²) in [6.45, 7) is 0. The van der Waals surface area contributed by atoms with Crippen LogP contribution < -0.4 is 0 Å². The summed E-state index contributed by atoms with van der Waals surface area (Å²) >= 11 is 1.58. The molecule has 1 aromatic heterocycles. The van der Waals surface area contributed by atoms with Crippen molar-refractivity contribution >= 4 is 29.1 Å². The van der Waals surface area contributed by atoms with Gasteiger partial charge in [0.05, 0.1) is 5.57 Å². The molecule has 3 rings (SSSR count). The van der Waals surface area contributed by atoms with E-state index in [0.29, 0.717) is 11.3 Å². The van der Waals surface area contributed by atoms with Gasteiger partial charge < -0.3 is 4.74 Å². The number of esters is 1. The van der Waals surface area contributed by atoms with E-state index >= 15 is 0 Å². The summed E-state index contributed by atoms with van der Waals surface area (Å²) in [4.78, 5) is 11.7. The lowest BCUT2D eigenvalue weighted by molar-refractivity contribution is -0.130. The zero-order valence-electron chi connectivity index (χ0n) is 9.50. The van der Waals surface area contributed by atoms with Crippen LogP contribution in [-0.2, 0) is 9.53 Å². The molecule has 0 N–H and O–H groups in total. The standard InChI is InChI=1S/C15H10O2S/c16-15-13(8-11-4-2-1-3-5-11)9-14(17-15)12-6-7-18-10-12/h1-10H/b13-8+. The molecular formula is C15H10O2S. The van der Waals surface area contributed by atoms with Gasteiger partial charge >= 0.3 is 5.97 Å². The molecule has 0 saturated heterocycles. The van der Waals surface area contributed by atoms with Crippen LogP contribution in [0.2, 0.25) is 0 Å². The predicted octanol–water partition coefficient (Wildman–Crippen LogP) is 3.73. The quantitative estimate of drug-likeness (QED) is 0.603. The SMILES string of the molecule is O=C1OC(c2ccsc2)=C/C1=C\c1ccccc1. The molecule has 88 valence electrons. The van der Waals surface area contributed by atoms with E-state index in [9.17, 15) is 4.79 Å². The van der Waals surface area contributed by atoms with Crippen molar-refractivity contribution in [2.45, 2.75) is 0 Å². The van der Waals surface area contributed by atoms with Gasteiger partial charge in [0.1, 0.15) is 5.76 Å². The number of ether oxygens (including phenoxy) is 1. The maximum atomic E-state index is 11.7. The van der Waals surface area contributed by atoms with Crippen LogP contribution in [0.5, 0.6) is 0 Å². The molecule has 0 bridgehead atoms. The van der Waals surface area contributed by atoms with E-state index in [4.69, 9.17) is 4.74 Å². The third-order valence-corrected chi connectivity index (χ3v) is 3.34. The normalized spacial score (nSPS) is 16.8. The fourth-order valence-electron chi connectivity index (χ4n) is 1.76. The molecule has 2 nitrogen and oxygen atoms in total. The third kappa shape index (κ3) is 2.13. The average molecular weight is 254 g/mol. The number of cyclic esters (lactones) is 1. The second-order valence-electron chi connectivity index (χ2n) is 3.92. The molecule has 0 amide bonds. The van der Waals surface area contributed by atoms with Crippen molar-refractivity contribution in [2.24, 2.45) is 0 Å². The number of hydrogen-bond acceptors (Lipinski definition) is 3. The molecule has 1 aromatic carbocycles. The molecule has 18 heavy (non-hydrogen) atoms. The Balaban J connectivity index is 1.94. The van der Waals surface area contributed by atoms with Gasteiger partial charge in [0, 0.05) is 10.9 Å². The average Bonchev–Trinajstić information content (AvgIpc) is 3.01. The van der Waals surface area contributed by atoms with Gasteiger partial charge in [-0.25, -0.2) is 4.79 Å². The molecule has 0 atom stereocenters. The van der Waals surface area contributed by atoms with Crippen molar-refractivity contribution < 1.29 is 9.53 Å². The van der Waals surface area contributed by atoms with Crippen molar-refractivity contribution in [3.8, 4) is 0 Å². The van der Waals surface area contributed by atoms with Gasteiger partial charge in [0.15, 0.2) is 0 Å². The van der Waals surface area contributed by atoms with Crippen LogP contribution in [0.25, 0.3) is 11.8 Å². The van der Waals surface area contributed by atoms with Gasteiger partial charge in [-0.15, -0.1) is 0 Å². The molecule has 1 aliphatic heterocycles. The fraction of sp³-hybridized carbons (Fsp3) is 0. The summed E-state index contributed by atoms with van der Waals surface area (Å²) in [6.07, 6.45) is 3.62. The van der Waals surface area contributed by atoms with E-state index in [-0.39, 0.29) is 5.97 Å². The van der Waals surface area contributed by atoms with Crippen LogP contribution in [0, 0.1) is 0 Å². The maximum Gasteiger partial charge on any atom is 0.343 e. The van der Waals surface area contributed by atoms with Gasteiger partial charge in [-0.1, -0.05) is 30.3 Å². The van der Waals surface area contributed by atoms with Crippen molar-refractivity contribution in [2.75, 3.05) is 0 Å². The van der Waals surface area contributed by atoms with Crippen LogP contribution in [0.3, 0.4) is 0 Å². The van der Waals surface area contributed by atoms with Crippen molar-refractivity contribution in [1.82, 2.24) is 0 Å². The second kappa shape index (κ2) is 4.63. The monoisotopic (exact) mass is 254 g/mol. The summed E-state index contributed by atoms with van der Waals surface area (Å²) in [5.74, 6) is 0.337. The van der Waals surface area contributed by atoms with Crippen LogP contribution in [0.15, 0.2) is 58.8 Å². The summed E-state index contributed by atoms with van der Waals surface area (Å²) in [5, 5.41) is 3.92. The molecule has 0 fully saturated rings. The van der Waals surface area contributed by atoms with Crippen molar-refractivity contribution in [3.63, 3.8) is 0 Å². The van der Waals surface area contributed by atoms with E-state index < -0.39 is 0 Å². The first-order chi connectivity index (χ1) is 8.83. The Labute approximate surface area is 109 Å². The zero-order valence-corrected chi connectivity index (χ0v) is 10.3. The van der Waals surface area contributed by atoms with Gasteiger partial charge in [0.25, 0.3) is 0 Å². The Morgan fingerprint density at radius 2 is 1.94 bits per heavy atom. The molecule has 2 heterocycles. The number of rotatable bonds is 2. The Kier molecular flexibility index (Phi) is 2.82. The Morgan fingerprint density at radius 1 is 1.11 bits per heavy atom. The van der Waals surface area contributed by atoms with Gasteiger partial charge in [0.2, 0.25) is 0 Å². The number of thiophene rings is 1. The van der Waals surface area contributed by atoms with E-state index in [2.05, 4.69) is 0 Å². The molecule has 1 aliphatic rings. The number of hydrogen-bond donors (Lipinski definition) is 0. The first-order valence-electron chi connectivity index (χ1n) is 5.56. The van der Waals surface area contributed by atoms with Crippen molar-refractivity contribution in [1.29, 1.82) is 0 Å². The number of carbonyl (C=O) groups excluding carboxylic acids is 1. The summed E-state index contributed by atoms with van der Waals surface area (Å²) in [7, 11) is 0. The molecule has 0 spiro atoms. The Bertz CT molecular complexity index is 622. The number of benzene rings is 1. The molecule has 2 aromatic rings. The minimum atomic E-state index is -0.292. The third-order valence-electron chi connectivity index (χ3n) is 2.65. The molecule has 3 heteroatoms. The highest BCUT2D eigenvalue weighted by atomic mass is 32.1. The topological polar surface area (TPSA) is 26.3 Å².